The van der Waals surface area contributed by atoms with Crippen LogP contribution in [0.15, 0.2) is 18.3 Å². The predicted octanol–water partition coefficient (Wildman–Crippen LogP) is 1.40. The molecule has 0 aromatic carbocycles. The number of hydrogen-bond donors (Lipinski definition) is 2. The minimum atomic E-state index is -0.936. The number of carbonyl (C=O) groups excluding carboxylic acids is 1. The molecule has 0 bridgehead atoms. The Balaban J connectivity index is 2.51. The quantitative estimate of drug-likeness (QED) is 0.793. The van der Waals surface area contributed by atoms with E-state index in [-0.39, 0.29) is 11.2 Å². The first kappa shape index (κ1) is 15.6. The summed E-state index contributed by atoms with van der Waals surface area (Å²) in [4.78, 5) is 15.9. The topological polar surface area (TPSA) is 71.1 Å². The lowest BCUT2D eigenvalue weighted by Crippen LogP contribution is -2.33. The Morgan fingerprint density at radius 1 is 1.47 bits per heavy atom. The highest BCUT2D eigenvalue weighted by Crippen LogP contribution is 2.06. The minimum absolute atomic E-state index is 0.0607. The summed E-state index contributed by atoms with van der Waals surface area (Å²) >= 11 is 0. The summed E-state index contributed by atoms with van der Waals surface area (Å²) in [5.41, 5.74) is 1.28. The van der Waals surface area contributed by atoms with Crippen LogP contribution >= 0.6 is 0 Å². The van der Waals surface area contributed by atoms with Gasteiger partial charge in [-0.3, -0.25) is 9.00 Å². The lowest BCUT2D eigenvalue weighted by molar-refractivity contribution is 0.0949. The van der Waals surface area contributed by atoms with Crippen LogP contribution in [0.1, 0.15) is 30.8 Å². The van der Waals surface area contributed by atoms with E-state index in [1.54, 1.807) is 18.5 Å². The van der Waals surface area contributed by atoms with Gasteiger partial charge in [-0.15, -0.1) is 0 Å². The van der Waals surface area contributed by atoms with Crippen molar-refractivity contribution in [2.45, 2.75) is 25.5 Å². The van der Waals surface area contributed by atoms with Crippen molar-refractivity contribution in [3.63, 3.8) is 0 Å². The van der Waals surface area contributed by atoms with Crippen LogP contribution in [0.3, 0.4) is 0 Å². The number of amides is 1. The van der Waals surface area contributed by atoms with Crippen molar-refractivity contribution >= 4 is 22.4 Å². The molecular formula is C13H21N3O2S. The summed E-state index contributed by atoms with van der Waals surface area (Å²) < 4.78 is 11.2. The van der Waals surface area contributed by atoms with Gasteiger partial charge < -0.3 is 10.6 Å². The van der Waals surface area contributed by atoms with Gasteiger partial charge in [0, 0.05) is 35.4 Å². The molecule has 2 atom stereocenters. The van der Waals surface area contributed by atoms with Gasteiger partial charge in [0.2, 0.25) is 0 Å². The molecule has 6 heteroatoms. The van der Waals surface area contributed by atoms with Gasteiger partial charge in [-0.05, 0) is 25.5 Å². The molecule has 0 fully saturated rings. The molecule has 0 radical (unpaired) electrons. The first-order chi connectivity index (χ1) is 9.04. The molecule has 0 saturated heterocycles. The van der Waals surface area contributed by atoms with Gasteiger partial charge in [0.15, 0.2) is 0 Å². The van der Waals surface area contributed by atoms with Crippen LogP contribution in [0.25, 0.3) is 0 Å². The maximum atomic E-state index is 11.8. The van der Waals surface area contributed by atoms with Crippen molar-refractivity contribution in [3.8, 4) is 0 Å². The summed E-state index contributed by atoms with van der Waals surface area (Å²) in [6.45, 7) is 5.19. The van der Waals surface area contributed by atoms with Crippen molar-refractivity contribution in [1.29, 1.82) is 0 Å². The second kappa shape index (κ2) is 7.89. The monoisotopic (exact) mass is 283 g/mol. The van der Waals surface area contributed by atoms with Crippen molar-refractivity contribution in [3.05, 3.63) is 24.0 Å². The first-order valence-corrected chi connectivity index (χ1v) is 7.97. The fourth-order valence-corrected chi connectivity index (χ4v) is 1.66. The van der Waals surface area contributed by atoms with Gasteiger partial charge in [-0.2, -0.15) is 0 Å². The summed E-state index contributed by atoms with van der Waals surface area (Å²) in [6.07, 6.45) is 4.31. The van der Waals surface area contributed by atoms with E-state index in [9.17, 15) is 9.00 Å². The highest BCUT2D eigenvalue weighted by molar-refractivity contribution is 7.84. The zero-order valence-electron chi connectivity index (χ0n) is 11.6. The molecule has 1 aromatic rings. The normalized spacial score (nSPS) is 13.6. The van der Waals surface area contributed by atoms with Crippen LogP contribution in [0.4, 0.5) is 5.69 Å². The maximum Gasteiger partial charge on any atom is 0.269 e. The Morgan fingerprint density at radius 3 is 2.74 bits per heavy atom. The molecule has 0 aliphatic carbocycles. The molecule has 2 N–H and O–H groups in total. The van der Waals surface area contributed by atoms with Gasteiger partial charge in [-0.25, -0.2) is 4.98 Å². The number of pyridine rings is 1. The molecule has 1 amide bonds. The number of nitrogens with one attached hydrogen (secondary N) is 2. The number of rotatable bonds is 7. The fraction of sp³-hybridized carbons (Fsp3) is 0.538. The average molecular weight is 283 g/mol. The SMILES string of the molecule is CCCNc1ccc(C(=O)NCC(C)S(C)=O)nc1. The minimum Gasteiger partial charge on any atom is -0.384 e. The van der Waals surface area contributed by atoms with Crippen LogP contribution in [0.5, 0.6) is 0 Å². The predicted molar refractivity (Wildman–Crippen MR) is 78.9 cm³/mol. The number of nitrogens with zero attached hydrogens (tertiary/aromatic N) is 1. The van der Waals surface area contributed by atoms with Gasteiger partial charge in [-0.1, -0.05) is 6.92 Å². The Hall–Kier alpha value is -1.43. The summed E-state index contributed by atoms with van der Waals surface area (Å²) in [6, 6.07) is 3.51. The summed E-state index contributed by atoms with van der Waals surface area (Å²) in [5.74, 6) is -0.237. The Morgan fingerprint density at radius 2 is 2.21 bits per heavy atom. The van der Waals surface area contributed by atoms with E-state index in [1.807, 2.05) is 13.0 Å². The van der Waals surface area contributed by atoms with E-state index in [2.05, 4.69) is 22.5 Å². The number of carbonyl (C=O) groups is 1. The Kier molecular flexibility index (Phi) is 6.49. The molecule has 5 nitrogen and oxygen atoms in total. The molecule has 0 saturated carbocycles. The zero-order chi connectivity index (χ0) is 14.3. The highest BCUT2D eigenvalue weighted by Gasteiger charge is 2.10. The second-order valence-corrected chi connectivity index (χ2v) is 6.18. The van der Waals surface area contributed by atoms with Crippen LogP contribution in [-0.2, 0) is 10.8 Å². The molecule has 0 aliphatic heterocycles. The fourth-order valence-electron chi connectivity index (χ4n) is 1.35. The third kappa shape index (κ3) is 5.38. The lowest BCUT2D eigenvalue weighted by atomic mass is 10.3. The van der Waals surface area contributed by atoms with Gasteiger partial charge in [0.25, 0.3) is 5.91 Å². The van der Waals surface area contributed by atoms with E-state index in [4.69, 9.17) is 0 Å². The van der Waals surface area contributed by atoms with Crippen molar-refractivity contribution < 1.29 is 9.00 Å². The van der Waals surface area contributed by atoms with Crippen LogP contribution in [0.2, 0.25) is 0 Å². The largest absolute Gasteiger partial charge is 0.384 e. The van der Waals surface area contributed by atoms with Crippen LogP contribution in [0, 0.1) is 0 Å². The summed E-state index contributed by atoms with van der Waals surface area (Å²) in [7, 11) is -0.936. The third-order valence-corrected chi connectivity index (χ3v) is 3.99. The average Bonchev–Trinajstić information content (AvgIpc) is 2.42. The van der Waals surface area contributed by atoms with Gasteiger partial charge in [0.05, 0.1) is 11.9 Å². The van der Waals surface area contributed by atoms with Crippen molar-refractivity contribution in [1.82, 2.24) is 10.3 Å². The van der Waals surface area contributed by atoms with Crippen LogP contribution in [-0.4, -0.2) is 39.7 Å². The molecular weight excluding hydrogens is 262 g/mol. The molecule has 106 valence electrons. The molecule has 1 heterocycles. The van der Waals surface area contributed by atoms with Crippen molar-refractivity contribution in [2.75, 3.05) is 24.7 Å². The number of hydrogen-bond acceptors (Lipinski definition) is 4. The smallest absolute Gasteiger partial charge is 0.269 e. The van der Waals surface area contributed by atoms with E-state index >= 15 is 0 Å². The van der Waals surface area contributed by atoms with Crippen LogP contribution < -0.4 is 10.6 Å². The molecule has 1 rings (SSSR count). The van der Waals surface area contributed by atoms with E-state index in [0.29, 0.717) is 12.2 Å². The maximum absolute atomic E-state index is 11.8. The molecule has 0 aliphatic rings. The molecule has 1 aromatic heterocycles. The Labute approximate surface area is 116 Å². The molecule has 2 unspecified atom stereocenters. The lowest BCUT2D eigenvalue weighted by Gasteiger charge is -2.10. The van der Waals surface area contributed by atoms with E-state index in [0.717, 1.165) is 18.7 Å². The number of anilines is 1. The number of aromatic nitrogens is 1. The van der Waals surface area contributed by atoms with E-state index < -0.39 is 10.8 Å². The molecule has 0 spiro atoms. The zero-order valence-corrected chi connectivity index (χ0v) is 12.4. The Bertz CT molecular complexity index is 434. The summed E-state index contributed by atoms with van der Waals surface area (Å²) in [5, 5.41) is 5.86. The third-order valence-electron chi connectivity index (χ3n) is 2.69. The van der Waals surface area contributed by atoms with E-state index in [1.165, 1.54) is 0 Å². The highest BCUT2D eigenvalue weighted by atomic mass is 32.2. The van der Waals surface area contributed by atoms with Gasteiger partial charge in [0.1, 0.15) is 5.69 Å². The second-order valence-electron chi connectivity index (χ2n) is 4.38. The van der Waals surface area contributed by atoms with Crippen molar-refractivity contribution in [2.24, 2.45) is 0 Å². The molecule has 19 heavy (non-hydrogen) atoms. The van der Waals surface area contributed by atoms with Gasteiger partial charge >= 0.3 is 0 Å². The standard InChI is InChI=1S/C13H21N3O2S/c1-4-7-14-11-5-6-12(15-9-11)13(17)16-8-10(2)19(3)18/h5-6,9-10,14H,4,7-8H2,1-3H3,(H,16,17). The first-order valence-electron chi connectivity index (χ1n) is 6.35.